The molecule has 2 aromatic rings. The SMILES string of the molecule is COc1ccc(/C2=C/C=C\CCc3cc(C(=O)N[C@H]4CC[C@@H](C(=O)N5CCOCC5)CC4)nn32)cc1OC. The summed E-state index contributed by atoms with van der Waals surface area (Å²) >= 11 is 0. The van der Waals surface area contributed by atoms with E-state index in [1.807, 2.05) is 46.0 Å². The zero-order valence-corrected chi connectivity index (χ0v) is 22.2. The van der Waals surface area contributed by atoms with E-state index in [0.29, 0.717) is 43.5 Å². The molecule has 9 nitrogen and oxygen atoms in total. The molecule has 3 aliphatic rings. The van der Waals surface area contributed by atoms with Crippen molar-refractivity contribution >= 4 is 17.5 Å². The number of hydrogen-bond acceptors (Lipinski definition) is 6. The Morgan fingerprint density at radius 1 is 1.03 bits per heavy atom. The van der Waals surface area contributed by atoms with Crippen LogP contribution in [0, 0.1) is 5.92 Å². The fourth-order valence-corrected chi connectivity index (χ4v) is 5.47. The second-order valence-corrected chi connectivity index (χ2v) is 9.98. The molecule has 1 aromatic heterocycles. The molecule has 1 saturated carbocycles. The molecule has 1 N–H and O–H groups in total. The number of hydrogen-bond donors (Lipinski definition) is 1. The zero-order chi connectivity index (χ0) is 26.5. The number of methoxy groups -OCH3 is 2. The third kappa shape index (κ3) is 5.62. The number of nitrogens with one attached hydrogen (secondary N) is 1. The van der Waals surface area contributed by atoms with Gasteiger partial charge in [0.2, 0.25) is 5.91 Å². The van der Waals surface area contributed by atoms with Gasteiger partial charge in [-0.3, -0.25) is 9.59 Å². The number of aromatic nitrogens is 2. The summed E-state index contributed by atoms with van der Waals surface area (Å²) in [7, 11) is 3.22. The van der Waals surface area contributed by atoms with Gasteiger partial charge in [0.1, 0.15) is 0 Å². The van der Waals surface area contributed by atoms with Crippen LogP contribution in [0.1, 0.15) is 53.8 Å². The summed E-state index contributed by atoms with van der Waals surface area (Å²) in [6, 6.07) is 7.68. The van der Waals surface area contributed by atoms with E-state index < -0.39 is 0 Å². The molecule has 3 heterocycles. The number of carbonyl (C=O) groups is 2. The lowest BCUT2D eigenvalue weighted by Crippen LogP contribution is -2.46. The third-order valence-electron chi connectivity index (χ3n) is 7.61. The molecule has 9 heteroatoms. The molecule has 1 aliphatic carbocycles. The summed E-state index contributed by atoms with van der Waals surface area (Å²) in [6.07, 6.45) is 10.9. The van der Waals surface area contributed by atoms with Crippen LogP contribution in [0.3, 0.4) is 0 Å². The summed E-state index contributed by atoms with van der Waals surface area (Å²) in [6.45, 7) is 2.58. The predicted molar refractivity (Wildman–Crippen MR) is 143 cm³/mol. The first-order chi connectivity index (χ1) is 18.6. The Kier molecular flexibility index (Phi) is 8.12. The van der Waals surface area contributed by atoms with Gasteiger partial charge in [0.25, 0.3) is 5.91 Å². The number of allylic oxidation sites excluding steroid dienone is 3. The maximum atomic E-state index is 13.2. The second kappa shape index (κ2) is 11.9. The molecule has 202 valence electrons. The van der Waals surface area contributed by atoms with Crippen molar-refractivity contribution in [3.8, 4) is 11.5 Å². The van der Waals surface area contributed by atoms with E-state index in [9.17, 15) is 9.59 Å². The van der Waals surface area contributed by atoms with Crippen LogP contribution in [0.25, 0.3) is 5.70 Å². The van der Waals surface area contributed by atoms with Crippen LogP contribution < -0.4 is 14.8 Å². The minimum absolute atomic E-state index is 0.0374. The number of benzene rings is 1. The Bertz CT molecular complexity index is 1220. The molecule has 5 rings (SSSR count). The van der Waals surface area contributed by atoms with Gasteiger partial charge in [-0.1, -0.05) is 12.2 Å². The van der Waals surface area contributed by atoms with E-state index in [0.717, 1.165) is 55.5 Å². The third-order valence-corrected chi connectivity index (χ3v) is 7.61. The average molecular weight is 521 g/mol. The number of ether oxygens (including phenoxy) is 3. The fourth-order valence-electron chi connectivity index (χ4n) is 5.47. The van der Waals surface area contributed by atoms with Gasteiger partial charge in [0.05, 0.1) is 33.1 Å². The van der Waals surface area contributed by atoms with Crippen molar-refractivity contribution in [3.63, 3.8) is 0 Å². The van der Waals surface area contributed by atoms with Gasteiger partial charge >= 0.3 is 0 Å². The van der Waals surface area contributed by atoms with Crippen LogP contribution in [0.4, 0.5) is 0 Å². The maximum Gasteiger partial charge on any atom is 0.272 e. The lowest BCUT2D eigenvalue weighted by atomic mass is 9.85. The highest BCUT2D eigenvalue weighted by Crippen LogP contribution is 2.32. The first-order valence-corrected chi connectivity index (χ1v) is 13.4. The van der Waals surface area contributed by atoms with E-state index in [-0.39, 0.29) is 23.8 Å². The van der Waals surface area contributed by atoms with Crippen molar-refractivity contribution in [2.24, 2.45) is 5.92 Å². The molecule has 0 bridgehead atoms. The Balaban J connectivity index is 1.27. The molecule has 0 unspecified atom stereocenters. The summed E-state index contributed by atoms with van der Waals surface area (Å²) in [5.41, 5.74) is 3.15. The van der Waals surface area contributed by atoms with E-state index in [1.165, 1.54) is 0 Å². The molecule has 2 aliphatic heterocycles. The van der Waals surface area contributed by atoms with Crippen LogP contribution in [0.5, 0.6) is 11.5 Å². The second-order valence-electron chi connectivity index (χ2n) is 9.98. The number of morpholine rings is 1. The van der Waals surface area contributed by atoms with Gasteiger partial charge < -0.3 is 24.4 Å². The van der Waals surface area contributed by atoms with E-state index in [2.05, 4.69) is 11.4 Å². The van der Waals surface area contributed by atoms with Crippen molar-refractivity contribution in [1.82, 2.24) is 20.0 Å². The van der Waals surface area contributed by atoms with Gasteiger partial charge in [-0.2, -0.15) is 5.10 Å². The Morgan fingerprint density at radius 3 is 2.53 bits per heavy atom. The van der Waals surface area contributed by atoms with Crippen LogP contribution in [0.2, 0.25) is 0 Å². The van der Waals surface area contributed by atoms with Gasteiger partial charge in [0.15, 0.2) is 17.2 Å². The van der Waals surface area contributed by atoms with Crippen molar-refractivity contribution in [2.45, 2.75) is 44.6 Å². The number of fused-ring (bicyclic) bond motifs is 1. The summed E-state index contributed by atoms with van der Waals surface area (Å²) in [5, 5.41) is 7.91. The molecule has 0 radical (unpaired) electrons. The standard InChI is InChI=1S/C29H36N4O5/c1-36-26-13-10-21(18-27(26)37-2)25-7-5-3-4-6-23-19-24(31-33(23)25)28(34)30-22-11-8-20(9-12-22)29(35)32-14-16-38-17-15-32/h3,5,7,10,13,18-20,22H,4,6,8-9,11-12,14-17H2,1-2H3,(H,30,34)/b5-3-,25-7-/t20-,22+. The lowest BCUT2D eigenvalue weighted by Gasteiger charge is -2.34. The number of rotatable bonds is 6. The number of nitrogens with zero attached hydrogens (tertiary/aromatic N) is 3. The van der Waals surface area contributed by atoms with Crippen molar-refractivity contribution in [2.75, 3.05) is 40.5 Å². The van der Waals surface area contributed by atoms with Crippen molar-refractivity contribution in [3.05, 3.63) is 59.4 Å². The topological polar surface area (TPSA) is 94.9 Å². The highest BCUT2D eigenvalue weighted by Gasteiger charge is 2.31. The summed E-state index contributed by atoms with van der Waals surface area (Å²) < 4.78 is 18.1. The molecule has 1 saturated heterocycles. The largest absolute Gasteiger partial charge is 0.493 e. The Hall–Kier alpha value is -3.59. The van der Waals surface area contributed by atoms with Crippen LogP contribution in [0.15, 0.2) is 42.5 Å². The molecule has 2 amide bonds. The molecular formula is C29H36N4O5. The highest BCUT2D eigenvalue weighted by molar-refractivity contribution is 5.93. The fraction of sp³-hybridized carbons (Fsp3) is 0.483. The van der Waals surface area contributed by atoms with Gasteiger partial charge in [0, 0.05) is 36.3 Å². The monoisotopic (exact) mass is 520 g/mol. The average Bonchev–Trinajstić information content (AvgIpc) is 3.36. The molecule has 0 atom stereocenters. The van der Waals surface area contributed by atoms with Crippen molar-refractivity contribution in [1.29, 1.82) is 0 Å². The van der Waals surface area contributed by atoms with Gasteiger partial charge in [-0.05, 0) is 68.9 Å². The number of aryl methyl sites for hydroxylation is 1. The smallest absolute Gasteiger partial charge is 0.272 e. The van der Waals surface area contributed by atoms with Crippen LogP contribution >= 0.6 is 0 Å². The van der Waals surface area contributed by atoms with E-state index in [4.69, 9.17) is 19.3 Å². The summed E-state index contributed by atoms with van der Waals surface area (Å²) in [4.78, 5) is 28.0. The van der Waals surface area contributed by atoms with Crippen LogP contribution in [-0.4, -0.2) is 73.1 Å². The normalized spacial score (nSPS) is 23.7. The molecule has 0 spiro atoms. The number of amides is 2. The predicted octanol–water partition coefficient (Wildman–Crippen LogP) is 3.44. The minimum Gasteiger partial charge on any atom is -0.493 e. The van der Waals surface area contributed by atoms with Crippen LogP contribution in [-0.2, 0) is 16.0 Å². The van der Waals surface area contributed by atoms with E-state index in [1.54, 1.807) is 14.2 Å². The lowest BCUT2D eigenvalue weighted by molar-refractivity contribution is -0.140. The Labute approximate surface area is 223 Å². The van der Waals surface area contributed by atoms with Gasteiger partial charge in [-0.15, -0.1) is 0 Å². The minimum atomic E-state index is -0.174. The van der Waals surface area contributed by atoms with E-state index >= 15 is 0 Å². The molecular weight excluding hydrogens is 484 g/mol. The first-order valence-electron chi connectivity index (χ1n) is 13.4. The first kappa shape index (κ1) is 26.0. The molecule has 2 fully saturated rings. The highest BCUT2D eigenvalue weighted by atomic mass is 16.5. The Morgan fingerprint density at radius 2 is 1.79 bits per heavy atom. The zero-order valence-electron chi connectivity index (χ0n) is 22.2. The molecule has 1 aromatic carbocycles. The quantitative estimate of drug-likeness (QED) is 0.627. The van der Waals surface area contributed by atoms with Gasteiger partial charge in [-0.25, -0.2) is 4.68 Å². The number of carbonyl (C=O) groups excluding carboxylic acids is 2. The van der Waals surface area contributed by atoms with Crippen molar-refractivity contribution < 1.29 is 23.8 Å². The summed E-state index contributed by atoms with van der Waals surface area (Å²) in [5.74, 6) is 1.38. The molecule has 38 heavy (non-hydrogen) atoms. The maximum absolute atomic E-state index is 13.2.